The Morgan fingerprint density at radius 1 is 1.30 bits per heavy atom. The maximum atomic E-state index is 9.95. The molecule has 3 fully saturated rings. The van der Waals surface area contributed by atoms with E-state index in [1.54, 1.807) is 0 Å². The van der Waals surface area contributed by atoms with Crippen molar-refractivity contribution >= 4 is 0 Å². The molecule has 1 N–H and O–H groups in total. The SMILES string of the molecule is CC(C)CC(O)Cc1nc(C2CN3CCN2CC3)no1. The zero-order valence-corrected chi connectivity index (χ0v) is 12.3. The molecule has 4 heterocycles. The normalized spacial score (nSPS) is 30.9. The van der Waals surface area contributed by atoms with Gasteiger partial charge in [-0.25, -0.2) is 0 Å². The minimum Gasteiger partial charge on any atom is -0.393 e. The molecule has 0 spiro atoms. The van der Waals surface area contributed by atoms with Gasteiger partial charge in [0.25, 0.3) is 0 Å². The van der Waals surface area contributed by atoms with Crippen molar-refractivity contribution in [2.75, 3.05) is 32.7 Å². The van der Waals surface area contributed by atoms with Gasteiger partial charge in [0, 0.05) is 32.7 Å². The van der Waals surface area contributed by atoms with Crippen molar-refractivity contribution in [3.63, 3.8) is 0 Å². The highest BCUT2D eigenvalue weighted by atomic mass is 16.5. The summed E-state index contributed by atoms with van der Waals surface area (Å²) in [6.45, 7) is 9.66. The fourth-order valence-electron chi connectivity index (χ4n) is 3.18. The molecule has 0 aliphatic carbocycles. The molecule has 2 bridgehead atoms. The second kappa shape index (κ2) is 5.79. The predicted octanol–water partition coefficient (Wildman–Crippen LogP) is 0.691. The van der Waals surface area contributed by atoms with Crippen LogP contribution in [-0.2, 0) is 6.42 Å². The third-order valence-corrected chi connectivity index (χ3v) is 4.21. The molecule has 112 valence electrons. The van der Waals surface area contributed by atoms with E-state index in [4.69, 9.17) is 4.52 Å². The summed E-state index contributed by atoms with van der Waals surface area (Å²) in [7, 11) is 0. The highest BCUT2D eigenvalue weighted by molar-refractivity contribution is 5.01. The number of rotatable bonds is 5. The maximum absolute atomic E-state index is 9.95. The monoisotopic (exact) mass is 280 g/mol. The van der Waals surface area contributed by atoms with Gasteiger partial charge in [0.05, 0.1) is 18.6 Å². The number of hydrogen-bond donors (Lipinski definition) is 1. The number of aliphatic hydroxyl groups is 1. The van der Waals surface area contributed by atoms with E-state index in [9.17, 15) is 5.11 Å². The van der Waals surface area contributed by atoms with Gasteiger partial charge in [-0.1, -0.05) is 19.0 Å². The summed E-state index contributed by atoms with van der Waals surface area (Å²) in [5, 5.41) is 14.1. The first-order valence-corrected chi connectivity index (χ1v) is 7.58. The Hall–Kier alpha value is -0.980. The van der Waals surface area contributed by atoms with Crippen LogP contribution in [0.4, 0.5) is 0 Å². The molecule has 0 radical (unpaired) electrons. The third kappa shape index (κ3) is 3.02. The molecule has 3 aliphatic heterocycles. The Kier molecular flexibility index (Phi) is 4.05. The van der Waals surface area contributed by atoms with Crippen molar-refractivity contribution < 1.29 is 9.63 Å². The first-order valence-electron chi connectivity index (χ1n) is 7.58. The zero-order chi connectivity index (χ0) is 14.1. The van der Waals surface area contributed by atoms with Crippen LogP contribution >= 0.6 is 0 Å². The molecule has 1 aromatic heterocycles. The van der Waals surface area contributed by atoms with Crippen LogP contribution in [0.5, 0.6) is 0 Å². The predicted molar refractivity (Wildman–Crippen MR) is 74.2 cm³/mol. The molecule has 0 amide bonds. The van der Waals surface area contributed by atoms with Crippen LogP contribution in [-0.4, -0.2) is 63.9 Å². The van der Waals surface area contributed by atoms with Crippen molar-refractivity contribution in [1.29, 1.82) is 0 Å². The van der Waals surface area contributed by atoms with Gasteiger partial charge in [0.2, 0.25) is 5.89 Å². The van der Waals surface area contributed by atoms with Crippen molar-refractivity contribution in [3.05, 3.63) is 11.7 Å². The number of aromatic nitrogens is 2. The summed E-state index contributed by atoms with van der Waals surface area (Å²) in [5.74, 6) is 1.81. The fourth-order valence-corrected chi connectivity index (χ4v) is 3.18. The molecule has 3 aliphatic rings. The Morgan fingerprint density at radius 2 is 2.05 bits per heavy atom. The van der Waals surface area contributed by atoms with Crippen LogP contribution < -0.4 is 0 Å². The maximum Gasteiger partial charge on any atom is 0.229 e. The van der Waals surface area contributed by atoms with Crippen LogP contribution in [0.1, 0.15) is 38.0 Å². The summed E-state index contributed by atoms with van der Waals surface area (Å²) in [6, 6.07) is 0.261. The highest BCUT2D eigenvalue weighted by Crippen LogP contribution is 2.27. The van der Waals surface area contributed by atoms with E-state index in [0.717, 1.165) is 45.0 Å². The Morgan fingerprint density at radius 3 is 2.65 bits per heavy atom. The molecule has 0 saturated carbocycles. The van der Waals surface area contributed by atoms with E-state index in [2.05, 4.69) is 33.8 Å². The quantitative estimate of drug-likeness (QED) is 0.856. The lowest BCUT2D eigenvalue weighted by Crippen LogP contribution is -2.57. The number of fused-ring (bicyclic) bond motifs is 3. The molecule has 3 saturated heterocycles. The topological polar surface area (TPSA) is 65.6 Å². The van der Waals surface area contributed by atoms with E-state index >= 15 is 0 Å². The van der Waals surface area contributed by atoms with E-state index in [-0.39, 0.29) is 6.04 Å². The van der Waals surface area contributed by atoms with Crippen molar-refractivity contribution in [2.24, 2.45) is 5.92 Å². The van der Waals surface area contributed by atoms with Gasteiger partial charge in [-0.3, -0.25) is 9.80 Å². The summed E-state index contributed by atoms with van der Waals surface area (Å²) >= 11 is 0. The summed E-state index contributed by atoms with van der Waals surface area (Å²) in [4.78, 5) is 9.38. The number of nitrogens with zero attached hydrogens (tertiary/aromatic N) is 4. The Bertz CT molecular complexity index is 440. The molecule has 20 heavy (non-hydrogen) atoms. The van der Waals surface area contributed by atoms with Crippen LogP contribution in [0.2, 0.25) is 0 Å². The van der Waals surface area contributed by atoms with Gasteiger partial charge in [-0.2, -0.15) is 4.98 Å². The molecular formula is C14H24N4O2. The lowest BCUT2D eigenvalue weighted by molar-refractivity contribution is 0.00781. The van der Waals surface area contributed by atoms with Gasteiger partial charge in [-0.05, 0) is 12.3 Å². The highest BCUT2D eigenvalue weighted by Gasteiger charge is 2.35. The molecule has 2 unspecified atom stereocenters. The Balaban J connectivity index is 1.62. The van der Waals surface area contributed by atoms with Gasteiger partial charge in [0.1, 0.15) is 0 Å². The molecule has 6 nitrogen and oxygen atoms in total. The lowest BCUT2D eigenvalue weighted by Gasteiger charge is -2.46. The molecule has 4 rings (SSSR count). The van der Waals surface area contributed by atoms with Gasteiger partial charge < -0.3 is 9.63 Å². The lowest BCUT2D eigenvalue weighted by atomic mass is 10.0. The van der Waals surface area contributed by atoms with E-state index in [1.807, 2.05) is 0 Å². The molecule has 2 atom stereocenters. The summed E-state index contributed by atoms with van der Waals surface area (Å²) in [5.41, 5.74) is 0. The van der Waals surface area contributed by atoms with E-state index < -0.39 is 6.10 Å². The minimum absolute atomic E-state index is 0.261. The van der Waals surface area contributed by atoms with Crippen LogP contribution in [0, 0.1) is 5.92 Å². The van der Waals surface area contributed by atoms with Crippen LogP contribution in [0.3, 0.4) is 0 Å². The van der Waals surface area contributed by atoms with E-state index in [1.165, 1.54) is 0 Å². The number of aliphatic hydroxyl groups excluding tert-OH is 1. The van der Waals surface area contributed by atoms with Crippen LogP contribution in [0.15, 0.2) is 4.52 Å². The van der Waals surface area contributed by atoms with Crippen molar-refractivity contribution in [3.8, 4) is 0 Å². The molecule has 0 aromatic carbocycles. The average Bonchev–Trinajstić information content (AvgIpc) is 2.87. The summed E-state index contributed by atoms with van der Waals surface area (Å²) < 4.78 is 5.31. The first kappa shape index (κ1) is 14.0. The van der Waals surface area contributed by atoms with Crippen LogP contribution in [0.25, 0.3) is 0 Å². The third-order valence-electron chi connectivity index (χ3n) is 4.21. The van der Waals surface area contributed by atoms with E-state index in [0.29, 0.717) is 18.2 Å². The standard InChI is InChI=1S/C14H24N4O2/c1-10(2)7-11(19)8-13-15-14(16-20-13)12-9-17-3-5-18(12)6-4-17/h10-12,19H,3-9H2,1-2H3. The Labute approximate surface area is 119 Å². The number of piperazine rings is 3. The van der Waals surface area contributed by atoms with Crippen molar-refractivity contribution in [2.45, 2.75) is 38.8 Å². The second-order valence-corrected chi connectivity index (χ2v) is 6.39. The summed E-state index contributed by atoms with van der Waals surface area (Å²) in [6.07, 6.45) is 0.831. The van der Waals surface area contributed by atoms with Gasteiger partial charge in [-0.15, -0.1) is 0 Å². The second-order valence-electron chi connectivity index (χ2n) is 6.39. The van der Waals surface area contributed by atoms with Gasteiger partial charge >= 0.3 is 0 Å². The minimum atomic E-state index is -0.393. The zero-order valence-electron chi connectivity index (χ0n) is 12.3. The van der Waals surface area contributed by atoms with Gasteiger partial charge in [0.15, 0.2) is 5.82 Å². The molecule has 1 aromatic rings. The molecule has 6 heteroatoms. The largest absolute Gasteiger partial charge is 0.393 e. The molecular weight excluding hydrogens is 256 g/mol. The smallest absolute Gasteiger partial charge is 0.229 e. The van der Waals surface area contributed by atoms with Crippen molar-refractivity contribution in [1.82, 2.24) is 19.9 Å². The average molecular weight is 280 g/mol. The fraction of sp³-hybridized carbons (Fsp3) is 0.857. The first-order chi connectivity index (χ1) is 9.61. The number of hydrogen-bond acceptors (Lipinski definition) is 6.